The zero-order chi connectivity index (χ0) is 22.7. The first kappa shape index (κ1) is 22.0. The predicted molar refractivity (Wildman–Crippen MR) is 120 cm³/mol. The lowest BCUT2D eigenvalue weighted by molar-refractivity contribution is -0.127. The smallest absolute Gasteiger partial charge is 0.234 e. The highest BCUT2D eigenvalue weighted by Crippen LogP contribution is 2.33. The van der Waals surface area contributed by atoms with Crippen LogP contribution in [0, 0.1) is 13.8 Å². The van der Waals surface area contributed by atoms with Crippen LogP contribution in [0.15, 0.2) is 24.3 Å². The quantitative estimate of drug-likeness (QED) is 0.604. The van der Waals surface area contributed by atoms with Crippen molar-refractivity contribution in [2.45, 2.75) is 26.7 Å². The average molecular weight is 440 g/mol. The van der Waals surface area contributed by atoms with E-state index in [1.165, 1.54) is 0 Å². The molecule has 0 saturated carbocycles. The van der Waals surface area contributed by atoms with Crippen LogP contribution in [0.1, 0.15) is 23.4 Å². The van der Waals surface area contributed by atoms with Crippen molar-refractivity contribution in [2.24, 2.45) is 0 Å². The number of aromatic nitrogens is 3. The lowest BCUT2D eigenvalue weighted by Crippen LogP contribution is -2.48. The SMILES string of the molecule is COc1ccc(-c2cc3nc(C)c(CCC(=O)NN4CCOCC4)c(C)n3n2)c(OC)c1. The molecule has 1 aliphatic rings. The molecule has 170 valence electrons. The van der Waals surface area contributed by atoms with Gasteiger partial charge in [-0.15, -0.1) is 0 Å². The van der Waals surface area contributed by atoms with Crippen LogP contribution in [-0.2, 0) is 16.0 Å². The number of methoxy groups -OCH3 is 2. The lowest BCUT2D eigenvalue weighted by Gasteiger charge is -2.27. The molecule has 1 amide bonds. The van der Waals surface area contributed by atoms with Crippen LogP contribution in [0.5, 0.6) is 11.5 Å². The van der Waals surface area contributed by atoms with Crippen LogP contribution in [0.25, 0.3) is 16.9 Å². The number of fused-ring (bicyclic) bond motifs is 1. The summed E-state index contributed by atoms with van der Waals surface area (Å²) in [5.41, 5.74) is 8.26. The maximum absolute atomic E-state index is 12.4. The van der Waals surface area contributed by atoms with Crippen LogP contribution < -0.4 is 14.9 Å². The zero-order valence-electron chi connectivity index (χ0n) is 19.0. The van der Waals surface area contributed by atoms with Gasteiger partial charge in [0.15, 0.2) is 5.65 Å². The number of hydrogen-bond donors (Lipinski definition) is 1. The van der Waals surface area contributed by atoms with E-state index in [1.54, 1.807) is 14.2 Å². The van der Waals surface area contributed by atoms with Gasteiger partial charge < -0.3 is 14.2 Å². The van der Waals surface area contributed by atoms with Gasteiger partial charge >= 0.3 is 0 Å². The molecule has 1 aromatic carbocycles. The number of morpholine rings is 1. The largest absolute Gasteiger partial charge is 0.497 e. The molecule has 0 spiro atoms. The number of rotatable bonds is 7. The molecule has 9 heteroatoms. The van der Waals surface area contributed by atoms with Crippen molar-refractivity contribution in [3.05, 3.63) is 41.2 Å². The predicted octanol–water partition coefficient (Wildman–Crippen LogP) is 2.33. The molecule has 32 heavy (non-hydrogen) atoms. The van der Waals surface area contributed by atoms with Crippen molar-refractivity contribution in [3.8, 4) is 22.8 Å². The van der Waals surface area contributed by atoms with E-state index in [1.807, 2.05) is 47.6 Å². The van der Waals surface area contributed by atoms with Crippen molar-refractivity contribution >= 4 is 11.6 Å². The first-order valence-electron chi connectivity index (χ1n) is 10.7. The molecular formula is C23H29N5O4. The first-order valence-corrected chi connectivity index (χ1v) is 10.7. The van der Waals surface area contributed by atoms with E-state index in [9.17, 15) is 4.79 Å². The second-order valence-electron chi connectivity index (χ2n) is 7.76. The Hall–Kier alpha value is -3.17. The summed E-state index contributed by atoms with van der Waals surface area (Å²) >= 11 is 0. The van der Waals surface area contributed by atoms with E-state index in [2.05, 4.69) is 5.43 Å². The monoisotopic (exact) mass is 439 g/mol. The standard InChI is InChI=1S/C23H29N5O4/c1-15-18(7-8-23(29)26-27-9-11-32-12-10-27)16(2)28-22(24-15)14-20(25-28)19-6-5-17(30-3)13-21(19)31-4/h5-6,13-14H,7-12H2,1-4H3,(H,26,29). The van der Waals surface area contributed by atoms with E-state index in [4.69, 9.17) is 24.3 Å². The van der Waals surface area contributed by atoms with Gasteiger partial charge in [-0.1, -0.05) is 0 Å². The second-order valence-corrected chi connectivity index (χ2v) is 7.76. The second kappa shape index (κ2) is 9.54. The third-order valence-corrected chi connectivity index (χ3v) is 5.74. The molecule has 1 saturated heterocycles. The van der Waals surface area contributed by atoms with Crippen molar-refractivity contribution in [1.82, 2.24) is 25.0 Å². The molecule has 0 bridgehead atoms. The summed E-state index contributed by atoms with van der Waals surface area (Å²) in [6.07, 6.45) is 0.977. The molecule has 0 atom stereocenters. The van der Waals surface area contributed by atoms with E-state index in [0.717, 1.165) is 39.6 Å². The van der Waals surface area contributed by atoms with Crippen molar-refractivity contribution in [1.29, 1.82) is 0 Å². The van der Waals surface area contributed by atoms with Crippen molar-refractivity contribution in [2.75, 3.05) is 40.5 Å². The number of hydrazine groups is 1. The fourth-order valence-corrected chi connectivity index (χ4v) is 3.98. The van der Waals surface area contributed by atoms with Gasteiger partial charge in [0.25, 0.3) is 0 Å². The summed E-state index contributed by atoms with van der Waals surface area (Å²) < 4.78 is 18.0. The van der Waals surface area contributed by atoms with E-state index in [-0.39, 0.29) is 5.91 Å². The topological polar surface area (TPSA) is 90.2 Å². The summed E-state index contributed by atoms with van der Waals surface area (Å²) in [7, 11) is 3.25. The molecule has 0 aliphatic carbocycles. The van der Waals surface area contributed by atoms with Gasteiger partial charge in [-0.2, -0.15) is 5.10 Å². The Morgan fingerprint density at radius 1 is 1.16 bits per heavy atom. The number of carbonyl (C=O) groups excluding carboxylic acids is 1. The minimum atomic E-state index is -0.00470. The summed E-state index contributed by atoms with van der Waals surface area (Å²) in [5.74, 6) is 1.40. The van der Waals surface area contributed by atoms with Gasteiger partial charge in [0.1, 0.15) is 11.5 Å². The Labute approximate surface area is 187 Å². The molecule has 3 heterocycles. The molecular weight excluding hydrogens is 410 g/mol. The number of nitrogens with one attached hydrogen (secondary N) is 1. The maximum atomic E-state index is 12.4. The molecule has 0 radical (unpaired) electrons. The minimum absolute atomic E-state index is 0.00470. The van der Waals surface area contributed by atoms with Crippen molar-refractivity contribution in [3.63, 3.8) is 0 Å². The summed E-state index contributed by atoms with van der Waals surface area (Å²) in [6.45, 7) is 6.69. The Morgan fingerprint density at radius 2 is 1.94 bits per heavy atom. The van der Waals surface area contributed by atoms with E-state index in [0.29, 0.717) is 44.9 Å². The number of aryl methyl sites for hydroxylation is 2. The highest BCUT2D eigenvalue weighted by molar-refractivity contribution is 5.76. The molecule has 1 fully saturated rings. The van der Waals surface area contributed by atoms with Gasteiger partial charge in [0.05, 0.1) is 33.1 Å². The Kier molecular flexibility index (Phi) is 6.57. The number of hydrogen-bond acceptors (Lipinski definition) is 7. The highest BCUT2D eigenvalue weighted by Gasteiger charge is 2.18. The van der Waals surface area contributed by atoms with E-state index >= 15 is 0 Å². The van der Waals surface area contributed by atoms with Gasteiger partial charge in [0.2, 0.25) is 5.91 Å². The number of ether oxygens (including phenoxy) is 3. The molecule has 0 unspecified atom stereocenters. The van der Waals surface area contributed by atoms with Crippen LogP contribution >= 0.6 is 0 Å². The van der Waals surface area contributed by atoms with Crippen LogP contribution in [0.3, 0.4) is 0 Å². The average Bonchev–Trinajstić information content (AvgIpc) is 3.23. The maximum Gasteiger partial charge on any atom is 0.234 e. The van der Waals surface area contributed by atoms with E-state index < -0.39 is 0 Å². The highest BCUT2D eigenvalue weighted by atomic mass is 16.5. The molecule has 2 aromatic heterocycles. The third kappa shape index (κ3) is 4.53. The van der Waals surface area contributed by atoms with Gasteiger partial charge in [0, 0.05) is 48.6 Å². The minimum Gasteiger partial charge on any atom is -0.497 e. The fourth-order valence-electron chi connectivity index (χ4n) is 3.98. The van der Waals surface area contributed by atoms with Crippen molar-refractivity contribution < 1.29 is 19.0 Å². The first-order chi connectivity index (χ1) is 15.5. The Balaban J connectivity index is 1.56. The number of nitrogens with zero attached hydrogens (tertiary/aromatic N) is 4. The summed E-state index contributed by atoms with van der Waals surface area (Å²) in [5, 5.41) is 6.69. The molecule has 1 N–H and O–H groups in total. The number of benzene rings is 1. The van der Waals surface area contributed by atoms with Gasteiger partial charge in [-0.3, -0.25) is 10.2 Å². The zero-order valence-corrected chi connectivity index (χ0v) is 19.0. The Bertz CT molecular complexity index is 1120. The summed E-state index contributed by atoms with van der Waals surface area (Å²) in [6, 6.07) is 7.59. The summed E-state index contributed by atoms with van der Waals surface area (Å²) in [4.78, 5) is 17.2. The van der Waals surface area contributed by atoms with Crippen LogP contribution in [0.4, 0.5) is 0 Å². The molecule has 1 aliphatic heterocycles. The molecule has 4 rings (SSSR count). The number of amides is 1. The lowest BCUT2D eigenvalue weighted by atomic mass is 10.1. The fraction of sp³-hybridized carbons (Fsp3) is 0.435. The molecule has 3 aromatic rings. The molecule has 9 nitrogen and oxygen atoms in total. The van der Waals surface area contributed by atoms with Gasteiger partial charge in [-0.05, 0) is 38.0 Å². The Morgan fingerprint density at radius 3 is 2.66 bits per heavy atom. The van der Waals surface area contributed by atoms with Crippen LogP contribution in [0.2, 0.25) is 0 Å². The van der Waals surface area contributed by atoms with Gasteiger partial charge in [-0.25, -0.2) is 14.5 Å². The van der Waals surface area contributed by atoms with Crippen LogP contribution in [-0.4, -0.2) is 66.0 Å². The number of carbonyl (C=O) groups is 1. The normalized spacial score (nSPS) is 14.5. The third-order valence-electron chi connectivity index (χ3n) is 5.74.